The first-order chi connectivity index (χ1) is 14.7. The standard InChI is InChI=1S/C23H25F3IN3O/c1-29-8-10-30(11-9-29)14-17-4-6-18(13-20(17)23(24,25)26)28-22(31)16-5-7-19(15-2-3-15)21(27)12-16/h4-7,12-13,15H,2-3,8-11,14H2,1H3,(H,28,31). The summed E-state index contributed by atoms with van der Waals surface area (Å²) in [5.41, 5.74) is 1.38. The van der Waals surface area contributed by atoms with Gasteiger partial charge >= 0.3 is 6.18 Å². The molecule has 1 aliphatic carbocycles. The SMILES string of the molecule is CN1CCN(Cc2ccc(NC(=O)c3ccc(C4CC4)c(I)c3)cc2C(F)(F)F)CC1. The van der Waals surface area contributed by atoms with Crippen LogP contribution in [0.2, 0.25) is 0 Å². The number of hydrogen-bond donors (Lipinski definition) is 1. The van der Waals surface area contributed by atoms with Gasteiger partial charge in [-0.3, -0.25) is 9.69 Å². The number of likely N-dealkylation sites (N-methyl/N-ethyl adjacent to an activating group) is 1. The van der Waals surface area contributed by atoms with Gasteiger partial charge in [0.2, 0.25) is 0 Å². The molecule has 2 aromatic rings. The summed E-state index contributed by atoms with van der Waals surface area (Å²) in [7, 11) is 2.01. The summed E-state index contributed by atoms with van der Waals surface area (Å²) in [4.78, 5) is 16.8. The molecule has 1 saturated heterocycles. The van der Waals surface area contributed by atoms with E-state index in [9.17, 15) is 18.0 Å². The van der Waals surface area contributed by atoms with Crippen molar-refractivity contribution < 1.29 is 18.0 Å². The summed E-state index contributed by atoms with van der Waals surface area (Å²) in [6.45, 7) is 3.41. The van der Waals surface area contributed by atoms with E-state index in [0.29, 0.717) is 11.5 Å². The van der Waals surface area contributed by atoms with Crippen molar-refractivity contribution in [3.63, 3.8) is 0 Å². The molecule has 0 unspecified atom stereocenters. The van der Waals surface area contributed by atoms with Crippen LogP contribution in [0.1, 0.15) is 45.8 Å². The average Bonchev–Trinajstić information content (AvgIpc) is 3.55. The number of carbonyl (C=O) groups is 1. The van der Waals surface area contributed by atoms with E-state index in [1.807, 2.05) is 18.0 Å². The maximum absolute atomic E-state index is 13.7. The van der Waals surface area contributed by atoms with Crippen molar-refractivity contribution in [2.75, 3.05) is 38.5 Å². The Bertz CT molecular complexity index is 967. The number of rotatable bonds is 5. The maximum Gasteiger partial charge on any atom is 0.416 e. The van der Waals surface area contributed by atoms with Crippen LogP contribution in [0, 0.1) is 3.57 Å². The summed E-state index contributed by atoms with van der Waals surface area (Å²) in [6.07, 6.45) is -2.14. The molecule has 1 N–H and O–H groups in total. The molecule has 2 fully saturated rings. The summed E-state index contributed by atoms with van der Waals surface area (Å²) in [5.74, 6) is 0.173. The molecular weight excluding hydrogens is 518 g/mol. The van der Waals surface area contributed by atoms with E-state index in [1.54, 1.807) is 18.2 Å². The predicted molar refractivity (Wildman–Crippen MR) is 123 cm³/mol. The van der Waals surface area contributed by atoms with Crippen LogP contribution in [0.3, 0.4) is 0 Å². The van der Waals surface area contributed by atoms with Crippen molar-refractivity contribution >= 4 is 34.2 Å². The third-order valence-electron chi connectivity index (χ3n) is 5.94. The fourth-order valence-electron chi connectivity index (χ4n) is 3.90. The zero-order valence-electron chi connectivity index (χ0n) is 17.3. The Labute approximate surface area is 193 Å². The van der Waals surface area contributed by atoms with Crippen molar-refractivity contribution in [3.8, 4) is 0 Å². The van der Waals surface area contributed by atoms with Crippen LogP contribution in [-0.4, -0.2) is 48.9 Å². The second-order valence-corrected chi connectivity index (χ2v) is 9.58. The highest BCUT2D eigenvalue weighted by Crippen LogP contribution is 2.42. The first kappa shape index (κ1) is 22.5. The van der Waals surface area contributed by atoms with Gasteiger partial charge in [-0.15, -0.1) is 0 Å². The lowest BCUT2D eigenvalue weighted by molar-refractivity contribution is -0.138. The van der Waals surface area contributed by atoms with Gasteiger partial charge in [-0.1, -0.05) is 12.1 Å². The molecule has 2 aliphatic rings. The van der Waals surface area contributed by atoms with Crippen molar-refractivity contribution in [2.45, 2.75) is 31.5 Å². The third kappa shape index (κ3) is 5.59. The molecule has 1 amide bonds. The van der Waals surface area contributed by atoms with Crippen LogP contribution in [-0.2, 0) is 12.7 Å². The van der Waals surface area contributed by atoms with Gasteiger partial charge in [0.15, 0.2) is 0 Å². The highest BCUT2D eigenvalue weighted by molar-refractivity contribution is 14.1. The number of halogens is 4. The van der Waals surface area contributed by atoms with Crippen molar-refractivity contribution in [1.82, 2.24) is 9.80 Å². The summed E-state index contributed by atoms with van der Waals surface area (Å²) in [5, 5.41) is 2.64. The summed E-state index contributed by atoms with van der Waals surface area (Å²) in [6, 6.07) is 9.59. The number of alkyl halides is 3. The number of benzene rings is 2. The van der Waals surface area contributed by atoms with Gasteiger partial charge in [-0.25, -0.2) is 0 Å². The minimum absolute atomic E-state index is 0.153. The quantitative estimate of drug-likeness (QED) is 0.528. The van der Waals surface area contributed by atoms with Crippen LogP contribution in [0.5, 0.6) is 0 Å². The van der Waals surface area contributed by atoms with E-state index in [2.05, 4.69) is 32.8 Å². The van der Waals surface area contributed by atoms with Gasteiger partial charge in [-0.2, -0.15) is 13.2 Å². The lowest BCUT2D eigenvalue weighted by atomic mass is 10.0. The molecule has 1 saturated carbocycles. The zero-order chi connectivity index (χ0) is 22.2. The summed E-state index contributed by atoms with van der Waals surface area (Å²) >= 11 is 2.22. The van der Waals surface area contributed by atoms with E-state index in [4.69, 9.17) is 0 Å². The zero-order valence-corrected chi connectivity index (χ0v) is 19.5. The minimum atomic E-state index is -4.48. The fraction of sp³-hybridized carbons (Fsp3) is 0.435. The Morgan fingerprint density at radius 3 is 2.42 bits per heavy atom. The molecule has 166 valence electrons. The van der Waals surface area contributed by atoms with Gasteiger partial charge in [0.1, 0.15) is 0 Å². The fourth-order valence-corrected chi connectivity index (χ4v) is 4.86. The molecular formula is C23H25F3IN3O. The van der Waals surface area contributed by atoms with Gasteiger partial charge in [-0.05, 0) is 83.8 Å². The predicted octanol–water partition coefficient (Wildman–Crippen LogP) is 5.19. The highest BCUT2D eigenvalue weighted by Gasteiger charge is 2.34. The molecule has 31 heavy (non-hydrogen) atoms. The number of anilines is 1. The Morgan fingerprint density at radius 1 is 1.10 bits per heavy atom. The second-order valence-electron chi connectivity index (χ2n) is 8.41. The monoisotopic (exact) mass is 543 g/mol. The average molecular weight is 543 g/mol. The number of carbonyl (C=O) groups excluding carboxylic acids is 1. The lowest BCUT2D eigenvalue weighted by Gasteiger charge is -2.33. The Morgan fingerprint density at radius 2 is 1.81 bits per heavy atom. The Hall–Kier alpha value is -1.65. The first-order valence-corrected chi connectivity index (χ1v) is 11.5. The number of piperazine rings is 1. The van der Waals surface area contributed by atoms with Crippen LogP contribution in [0.15, 0.2) is 36.4 Å². The molecule has 2 aromatic carbocycles. The topological polar surface area (TPSA) is 35.6 Å². The smallest absolute Gasteiger partial charge is 0.322 e. The number of hydrogen-bond acceptors (Lipinski definition) is 3. The second kappa shape index (κ2) is 9.07. The molecule has 0 spiro atoms. The minimum Gasteiger partial charge on any atom is -0.322 e. The third-order valence-corrected chi connectivity index (χ3v) is 6.88. The molecule has 0 aromatic heterocycles. The van der Waals surface area contributed by atoms with Gasteiger partial charge in [0.05, 0.1) is 5.56 Å². The molecule has 0 atom stereocenters. The van der Waals surface area contributed by atoms with E-state index in [-0.39, 0.29) is 17.8 Å². The van der Waals surface area contributed by atoms with Crippen molar-refractivity contribution in [3.05, 3.63) is 62.2 Å². The Balaban J connectivity index is 1.50. The van der Waals surface area contributed by atoms with Crippen molar-refractivity contribution in [1.29, 1.82) is 0 Å². The van der Waals surface area contributed by atoms with Gasteiger partial charge in [0.25, 0.3) is 5.91 Å². The number of nitrogens with one attached hydrogen (secondary N) is 1. The largest absolute Gasteiger partial charge is 0.416 e. The first-order valence-electron chi connectivity index (χ1n) is 10.4. The van der Waals surface area contributed by atoms with E-state index in [1.165, 1.54) is 24.5 Å². The van der Waals surface area contributed by atoms with Gasteiger partial charge in [0, 0.05) is 47.5 Å². The normalized spacial score (nSPS) is 18.2. The Kier molecular flexibility index (Phi) is 6.60. The van der Waals surface area contributed by atoms with Crippen LogP contribution in [0.25, 0.3) is 0 Å². The maximum atomic E-state index is 13.7. The number of nitrogens with zero attached hydrogens (tertiary/aromatic N) is 2. The highest BCUT2D eigenvalue weighted by atomic mass is 127. The van der Waals surface area contributed by atoms with Crippen LogP contribution >= 0.6 is 22.6 Å². The molecule has 0 radical (unpaired) electrons. The molecule has 4 rings (SSSR count). The molecule has 1 heterocycles. The molecule has 1 aliphatic heterocycles. The van der Waals surface area contributed by atoms with Crippen molar-refractivity contribution in [2.24, 2.45) is 0 Å². The lowest BCUT2D eigenvalue weighted by Crippen LogP contribution is -2.44. The van der Waals surface area contributed by atoms with Crippen LogP contribution < -0.4 is 5.32 Å². The van der Waals surface area contributed by atoms with E-state index >= 15 is 0 Å². The molecule has 4 nitrogen and oxygen atoms in total. The van der Waals surface area contributed by atoms with E-state index < -0.39 is 17.6 Å². The van der Waals surface area contributed by atoms with E-state index in [0.717, 1.165) is 35.8 Å². The number of amides is 1. The summed E-state index contributed by atoms with van der Waals surface area (Å²) < 4.78 is 42.3. The van der Waals surface area contributed by atoms with Gasteiger partial charge < -0.3 is 10.2 Å². The molecule has 0 bridgehead atoms. The molecule has 8 heteroatoms. The van der Waals surface area contributed by atoms with Crippen LogP contribution in [0.4, 0.5) is 18.9 Å².